The molecule has 0 saturated heterocycles. The van der Waals surface area contributed by atoms with Crippen LogP contribution in [-0.2, 0) is 14.1 Å². The van der Waals surface area contributed by atoms with Crippen LogP contribution in [0.4, 0.5) is 11.5 Å². The van der Waals surface area contributed by atoms with Crippen molar-refractivity contribution in [2.75, 3.05) is 18.1 Å². The average molecular weight is 156 g/mol. The smallest absolute Gasteiger partial charge is 0.292 e. The average Bonchev–Trinajstić information content (AvgIpc) is 2.17. The number of aromatic nitrogens is 2. The fourth-order valence-electron chi connectivity index (χ4n) is 0.966. The highest BCUT2D eigenvalue weighted by atomic mass is 16.1. The summed E-state index contributed by atoms with van der Waals surface area (Å²) in [5.74, 6) is 0.458. The maximum Gasteiger partial charge on any atom is 0.292 e. The van der Waals surface area contributed by atoms with Gasteiger partial charge in [-0.05, 0) is 0 Å². The van der Waals surface area contributed by atoms with Crippen molar-refractivity contribution in [2.45, 2.75) is 0 Å². The van der Waals surface area contributed by atoms with E-state index in [4.69, 9.17) is 5.73 Å². The molecule has 0 aromatic carbocycles. The van der Waals surface area contributed by atoms with Crippen molar-refractivity contribution < 1.29 is 0 Å². The molecule has 0 amide bonds. The van der Waals surface area contributed by atoms with Gasteiger partial charge in [-0.3, -0.25) is 14.2 Å². The number of nitrogens with zero attached hydrogens (tertiary/aromatic N) is 2. The summed E-state index contributed by atoms with van der Waals surface area (Å²) in [5.41, 5.74) is 5.94. The number of nitrogens with one attached hydrogen (secondary N) is 1. The van der Waals surface area contributed by atoms with Gasteiger partial charge in [0.15, 0.2) is 0 Å². The van der Waals surface area contributed by atoms with Crippen LogP contribution in [0.15, 0.2) is 4.79 Å². The molecule has 1 aromatic rings. The van der Waals surface area contributed by atoms with Gasteiger partial charge in [0.25, 0.3) is 5.56 Å². The molecule has 5 nitrogen and oxygen atoms in total. The van der Waals surface area contributed by atoms with Crippen molar-refractivity contribution in [3.8, 4) is 0 Å². The molecule has 0 saturated carbocycles. The Kier molecular flexibility index (Phi) is 1.64. The van der Waals surface area contributed by atoms with E-state index in [9.17, 15) is 4.79 Å². The molecule has 0 aliphatic rings. The van der Waals surface area contributed by atoms with E-state index in [2.05, 4.69) is 5.32 Å². The largest absolute Gasteiger partial charge is 0.382 e. The van der Waals surface area contributed by atoms with Gasteiger partial charge in [0.05, 0.1) is 0 Å². The van der Waals surface area contributed by atoms with Crippen LogP contribution in [0.1, 0.15) is 0 Å². The number of hydrogen-bond donors (Lipinski definition) is 2. The van der Waals surface area contributed by atoms with Crippen LogP contribution in [0, 0.1) is 0 Å². The first-order valence-electron chi connectivity index (χ1n) is 3.28. The summed E-state index contributed by atoms with van der Waals surface area (Å²) in [6, 6.07) is 0. The lowest BCUT2D eigenvalue weighted by molar-refractivity contribution is 0.586. The maximum atomic E-state index is 11.2. The molecule has 0 aliphatic heterocycles. The summed E-state index contributed by atoms with van der Waals surface area (Å²) in [5, 5.41) is 2.75. The van der Waals surface area contributed by atoms with E-state index in [0.717, 1.165) is 0 Å². The molecule has 0 unspecified atom stereocenters. The molecule has 0 bridgehead atoms. The van der Waals surface area contributed by atoms with Crippen molar-refractivity contribution in [1.29, 1.82) is 0 Å². The second-order valence-corrected chi connectivity index (χ2v) is 2.36. The van der Waals surface area contributed by atoms with E-state index in [1.807, 2.05) is 0 Å². The zero-order valence-corrected chi connectivity index (χ0v) is 6.88. The quantitative estimate of drug-likeness (QED) is 0.567. The Morgan fingerprint density at radius 1 is 1.36 bits per heavy atom. The molecule has 1 heterocycles. The molecule has 11 heavy (non-hydrogen) atoms. The predicted octanol–water partition coefficient (Wildman–Crippen LogP) is -0.652. The summed E-state index contributed by atoms with van der Waals surface area (Å²) >= 11 is 0. The van der Waals surface area contributed by atoms with Crippen LogP contribution in [0.3, 0.4) is 0 Å². The zero-order chi connectivity index (χ0) is 8.59. The molecular formula is C6H12N4O. The third-order valence-electron chi connectivity index (χ3n) is 1.81. The SMILES string of the molecule is CNc1c(N)n(C)n(C)c1=O. The molecule has 0 spiro atoms. The monoisotopic (exact) mass is 156 g/mol. The first-order valence-corrected chi connectivity index (χ1v) is 3.28. The van der Waals surface area contributed by atoms with Gasteiger partial charge in [0.1, 0.15) is 11.5 Å². The Balaban J connectivity index is 3.49. The van der Waals surface area contributed by atoms with E-state index in [0.29, 0.717) is 11.5 Å². The Morgan fingerprint density at radius 3 is 2.09 bits per heavy atom. The summed E-state index contributed by atoms with van der Waals surface area (Å²) in [7, 11) is 5.07. The molecule has 1 aromatic heterocycles. The van der Waals surface area contributed by atoms with E-state index in [1.54, 1.807) is 25.8 Å². The second-order valence-electron chi connectivity index (χ2n) is 2.36. The minimum Gasteiger partial charge on any atom is -0.382 e. The normalized spacial score (nSPS) is 10.1. The first-order chi connectivity index (χ1) is 5.09. The molecule has 0 radical (unpaired) electrons. The van der Waals surface area contributed by atoms with Crippen molar-refractivity contribution in [3.63, 3.8) is 0 Å². The van der Waals surface area contributed by atoms with Crippen LogP contribution in [0.5, 0.6) is 0 Å². The van der Waals surface area contributed by atoms with Crippen molar-refractivity contribution in [3.05, 3.63) is 10.4 Å². The van der Waals surface area contributed by atoms with Gasteiger partial charge in [0.2, 0.25) is 0 Å². The Hall–Kier alpha value is -1.39. The van der Waals surface area contributed by atoms with Crippen LogP contribution < -0.4 is 16.6 Å². The van der Waals surface area contributed by atoms with Crippen molar-refractivity contribution >= 4 is 11.5 Å². The van der Waals surface area contributed by atoms with Gasteiger partial charge in [-0.1, -0.05) is 0 Å². The highest BCUT2D eigenvalue weighted by Crippen LogP contribution is 2.10. The predicted molar refractivity (Wildman–Crippen MR) is 44.6 cm³/mol. The summed E-state index contributed by atoms with van der Waals surface area (Å²) in [4.78, 5) is 11.2. The number of rotatable bonds is 1. The van der Waals surface area contributed by atoms with E-state index in [-0.39, 0.29) is 5.56 Å². The fourth-order valence-corrected chi connectivity index (χ4v) is 0.966. The molecule has 0 fully saturated rings. The Bertz CT molecular complexity index is 322. The standard InChI is InChI=1S/C6H12N4O/c1-8-4-5(7)9(2)10(3)6(4)11/h8H,7H2,1-3H3. The summed E-state index contributed by atoms with van der Waals surface area (Å²) in [6.45, 7) is 0. The molecule has 1 rings (SSSR count). The van der Waals surface area contributed by atoms with Gasteiger partial charge < -0.3 is 11.1 Å². The lowest BCUT2D eigenvalue weighted by Gasteiger charge is -1.99. The maximum absolute atomic E-state index is 11.2. The molecule has 0 aliphatic carbocycles. The Labute approximate surface area is 64.4 Å². The van der Waals surface area contributed by atoms with Gasteiger partial charge in [0, 0.05) is 21.1 Å². The van der Waals surface area contributed by atoms with Gasteiger partial charge >= 0.3 is 0 Å². The third kappa shape index (κ3) is 0.886. The van der Waals surface area contributed by atoms with Crippen LogP contribution in [-0.4, -0.2) is 16.4 Å². The molecular weight excluding hydrogens is 144 g/mol. The van der Waals surface area contributed by atoms with Crippen molar-refractivity contribution in [1.82, 2.24) is 9.36 Å². The van der Waals surface area contributed by atoms with Gasteiger partial charge in [-0.2, -0.15) is 0 Å². The minimum absolute atomic E-state index is 0.104. The van der Waals surface area contributed by atoms with Crippen LogP contribution in [0.2, 0.25) is 0 Å². The topological polar surface area (TPSA) is 65.0 Å². The van der Waals surface area contributed by atoms with Crippen molar-refractivity contribution in [2.24, 2.45) is 14.1 Å². The molecule has 3 N–H and O–H groups in total. The molecule has 0 atom stereocenters. The summed E-state index contributed by atoms with van der Waals surface area (Å²) < 4.78 is 3.04. The first kappa shape index (κ1) is 7.71. The minimum atomic E-state index is -0.104. The number of nitrogens with two attached hydrogens (primary N) is 1. The van der Waals surface area contributed by atoms with Gasteiger partial charge in [-0.15, -0.1) is 0 Å². The lowest BCUT2D eigenvalue weighted by atomic mass is 10.5. The highest BCUT2D eigenvalue weighted by molar-refractivity contribution is 5.60. The second kappa shape index (κ2) is 2.34. The lowest BCUT2D eigenvalue weighted by Crippen LogP contribution is -2.18. The third-order valence-corrected chi connectivity index (χ3v) is 1.81. The number of anilines is 2. The highest BCUT2D eigenvalue weighted by Gasteiger charge is 2.09. The molecule has 62 valence electrons. The summed E-state index contributed by atoms with van der Waals surface area (Å²) in [6.07, 6.45) is 0. The number of nitrogen functional groups attached to an aromatic ring is 1. The van der Waals surface area contributed by atoms with Crippen LogP contribution in [0.25, 0.3) is 0 Å². The van der Waals surface area contributed by atoms with Gasteiger partial charge in [-0.25, -0.2) is 0 Å². The fraction of sp³-hybridized carbons (Fsp3) is 0.500. The van der Waals surface area contributed by atoms with E-state index < -0.39 is 0 Å². The number of hydrogen-bond acceptors (Lipinski definition) is 3. The molecule has 5 heteroatoms. The Morgan fingerprint density at radius 2 is 1.91 bits per heavy atom. The van der Waals surface area contributed by atoms with E-state index in [1.165, 1.54) is 4.68 Å². The zero-order valence-electron chi connectivity index (χ0n) is 6.88. The van der Waals surface area contributed by atoms with Crippen LogP contribution >= 0.6 is 0 Å². The van der Waals surface area contributed by atoms with E-state index >= 15 is 0 Å².